The van der Waals surface area contributed by atoms with Gasteiger partial charge in [-0.2, -0.15) is 5.10 Å². The third-order valence-corrected chi connectivity index (χ3v) is 4.84. The second-order valence-electron chi connectivity index (χ2n) is 5.11. The SMILES string of the molecule is Nc1ncnc2c1c(I)nn2C1CC2CNC1C2. The zero-order valence-electron chi connectivity index (χ0n) is 9.67. The van der Waals surface area contributed by atoms with Crippen LogP contribution in [0.1, 0.15) is 18.9 Å². The minimum Gasteiger partial charge on any atom is -0.383 e. The van der Waals surface area contributed by atoms with E-state index in [1.54, 1.807) is 0 Å². The van der Waals surface area contributed by atoms with Crippen molar-refractivity contribution >= 4 is 39.4 Å². The third-order valence-electron chi connectivity index (χ3n) is 4.08. The summed E-state index contributed by atoms with van der Waals surface area (Å²) in [5.74, 6) is 1.31. The topological polar surface area (TPSA) is 81.7 Å². The van der Waals surface area contributed by atoms with Crippen LogP contribution in [-0.4, -0.2) is 32.3 Å². The number of rotatable bonds is 1. The van der Waals surface area contributed by atoms with Crippen molar-refractivity contribution in [2.75, 3.05) is 12.3 Å². The van der Waals surface area contributed by atoms with Gasteiger partial charge in [-0.15, -0.1) is 0 Å². The van der Waals surface area contributed by atoms with E-state index in [-0.39, 0.29) is 0 Å². The quantitative estimate of drug-likeness (QED) is 0.744. The lowest BCUT2D eigenvalue weighted by atomic mass is 10.1. The average molecular weight is 356 g/mol. The number of piperidine rings is 1. The van der Waals surface area contributed by atoms with E-state index in [0.717, 1.165) is 27.2 Å². The van der Waals surface area contributed by atoms with Crippen molar-refractivity contribution in [3.05, 3.63) is 10.0 Å². The van der Waals surface area contributed by atoms with E-state index in [1.165, 1.54) is 19.2 Å². The molecule has 4 rings (SSSR count). The van der Waals surface area contributed by atoms with Crippen LogP contribution in [-0.2, 0) is 0 Å². The first-order valence-electron chi connectivity index (χ1n) is 6.11. The second-order valence-corrected chi connectivity index (χ2v) is 6.13. The lowest BCUT2D eigenvalue weighted by Crippen LogP contribution is -2.35. The molecule has 2 aromatic rings. The van der Waals surface area contributed by atoms with Crippen molar-refractivity contribution in [2.45, 2.75) is 24.9 Å². The monoisotopic (exact) mass is 356 g/mol. The number of halogens is 1. The van der Waals surface area contributed by atoms with Crippen LogP contribution in [0.2, 0.25) is 0 Å². The van der Waals surface area contributed by atoms with Crippen molar-refractivity contribution in [1.82, 2.24) is 25.1 Å². The Morgan fingerprint density at radius 1 is 1.39 bits per heavy atom. The summed E-state index contributed by atoms with van der Waals surface area (Å²) in [4.78, 5) is 8.42. The van der Waals surface area contributed by atoms with Crippen molar-refractivity contribution in [1.29, 1.82) is 0 Å². The van der Waals surface area contributed by atoms with Crippen LogP contribution in [0.25, 0.3) is 11.0 Å². The normalized spacial score (nSPS) is 30.4. The second kappa shape index (κ2) is 3.77. The van der Waals surface area contributed by atoms with Gasteiger partial charge < -0.3 is 11.1 Å². The molecule has 3 unspecified atom stereocenters. The predicted molar refractivity (Wildman–Crippen MR) is 76.0 cm³/mol. The van der Waals surface area contributed by atoms with Gasteiger partial charge in [0.2, 0.25) is 0 Å². The standard InChI is InChI=1S/C11H13IN6/c12-9-8-10(13)15-4-16-11(8)18(17-9)7-2-5-1-6(7)14-3-5/h4-7,14H,1-3H2,(H2,13,15,16). The molecular weight excluding hydrogens is 343 g/mol. The Morgan fingerprint density at radius 2 is 2.28 bits per heavy atom. The number of aromatic nitrogens is 4. The molecule has 0 radical (unpaired) electrons. The molecule has 0 spiro atoms. The van der Waals surface area contributed by atoms with E-state index >= 15 is 0 Å². The molecule has 2 bridgehead atoms. The predicted octanol–water partition coefficient (Wildman–Crippen LogP) is 0.936. The van der Waals surface area contributed by atoms with Crippen molar-refractivity contribution in [2.24, 2.45) is 5.92 Å². The molecule has 18 heavy (non-hydrogen) atoms. The van der Waals surface area contributed by atoms with Gasteiger partial charge in [-0.25, -0.2) is 14.6 Å². The maximum absolute atomic E-state index is 5.92. The molecule has 6 nitrogen and oxygen atoms in total. The van der Waals surface area contributed by atoms with Gasteiger partial charge in [0.05, 0.1) is 11.4 Å². The number of nitrogens with zero attached hydrogens (tertiary/aromatic N) is 4. The summed E-state index contributed by atoms with van der Waals surface area (Å²) < 4.78 is 2.94. The summed E-state index contributed by atoms with van der Waals surface area (Å²) in [6.07, 6.45) is 3.96. The Balaban J connectivity index is 1.88. The molecule has 7 heteroatoms. The number of nitrogens with two attached hydrogens (primary N) is 1. The van der Waals surface area contributed by atoms with Gasteiger partial charge in [0.15, 0.2) is 5.65 Å². The fourth-order valence-corrected chi connectivity index (χ4v) is 4.03. The fraction of sp³-hybridized carbons (Fsp3) is 0.545. The first kappa shape index (κ1) is 10.9. The maximum Gasteiger partial charge on any atom is 0.164 e. The molecule has 1 saturated heterocycles. The van der Waals surface area contributed by atoms with Crippen LogP contribution in [0.4, 0.5) is 5.82 Å². The molecule has 3 heterocycles. The fourth-order valence-electron chi connectivity index (χ4n) is 3.28. The van der Waals surface area contributed by atoms with Crippen molar-refractivity contribution in [3.63, 3.8) is 0 Å². The van der Waals surface area contributed by atoms with Crippen LogP contribution in [0.15, 0.2) is 6.33 Å². The van der Waals surface area contributed by atoms with Gasteiger partial charge in [0.25, 0.3) is 0 Å². The van der Waals surface area contributed by atoms with E-state index in [1.807, 2.05) is 4.68 Å². The molecule has 3 atom stereocenters. The molecule has 0 aromatic carbocycles. The molecule has 3 N–H and O–H groups in total. The third kappa shape index (κ3) is 1.40. The molecule has 1 saturated carbocycles. The summed E-state index contributed by atoms with van der Waals surface area (Å²) in [7, 11) is 0. The number of hydrogen-bond acceptors (Lipinski definition) is 5. The summed E-state index contributed by atoms with van der Waals surface area (Å²) in [5.41, 5.74) is 6.79. The smallest absolute Gasteiger partial charge is 0.164 e. The van der Waals surface area contributed by atoms with Crippen LogP contribution < -0.4 is 11.1 Å². The largest absolute Gasteiger partial charge is 0.383 e. The van der Waals surface area contributed by atoms with Crippen molar-refractivity contribution in [3.8, 4) is 0 Å². The average Bonchev–Trinajstić information content (AvgIpc) is 3.03. The number of nitrogens with one attached hydrogen (secondary N) is 1. The summed E-state index contributed by atoms with van der Waals surface area (Å²) in [6.45, 7) is 1.15. The number of hydrogen-bond donors (Lipinski definition) is 2. The maximum atomic E-state index is 5.92. The van der Waals surface area contributed by atoms with E-state index < -0.39 is 0 Å². The molecule has 2 fully saturated rings. The minimum absolute atomic E-state index is 0.407. The van der Waals surface area contributed by atoms with Gasteiger partial charge in [-0.05, 0) is 47.9 Å². The van der Waals surface area contributed by atoms with Gasteiger partial charge in [-0.3, -0.25) is 0 Å². The Kier molecular flexibility index (Phi) is 2.28. The highest BCUT2D eigenvalue weighted by Crippen LogP contribution is 2.40. The van der Waals surface area contributed by atoms with Crippen LogP contribution >= 0.6 is 22.6 Å². The van der Waals surface area contributed by atoms with Gasteiger partial charge in [0, 0.05) is 6.04 Å². The molecule has 2 aliphatic rings. The summed E-state index contributed by atoms with van der Waals surface area (Å²) >= 11 is 2.21. The highest BCUT2D eigenvalue weighted by Gasteiger charge is 2.41. The zero-order chi connectivity index (χ0) is 12.3. The van der Waals surface area contributed by atoms with E-state index in [4.69, 9.17) is 5.73 Å². The molecule has 1 aliphatic carbocycles. The van der Waals surface area contributed by atoms with E-state index in [0.29, 0.717) is 17.9 Å². The number of nitrogen functional groups attached to an aromatic ring is 1. The van der Waals surface area contributed by atoms with E-state index in [9.17, 15) is 0 Å². The summed E-state index contributed by atoms with van der Waals surface area (Å²) in [6, 6.07) is 0.939. The Hall–Kier alpha value is -0.960. The highest BCUT2D eigenvalue weighted by molar-refractivity contribution is 14.1. The molecule has 94 valence electrons. The molecule has 1 aliphatic heterocycles. The summed E-state index contributed by atoms with van der Waals surface area (Å²) in [5, 5.41) is 9.08. The minimum atomic E-state index is 0.407. The Bertz CT molecular complexity index is 623. The van der Waals surface area contributed by atoms with Crippen molar-refractivity contribution < 1.29 is 0 Å². The van der Waals surface area contributed by atoms with Gasteiger partial charge >= 0.3 is 0 Å². The molecule has 2 aromatic heterocycles. The first-order valence-corrected chi connectivity index (χ1v) is 7.19. The molecule has 0 amide bonds. The lowest BCUT2D eigenvalue weighted by molar-refractivity contribution is 0.341. The first-order chi connectivity index (χ1) is 8.74. The van der Waals surface area contributed by atoms with Gasteiger partial charge in [-0.1, -0.05) is 0 Å². The number of anilines is 1. The Labute approximate surface area is 117 Å². The highest BCUT2D eigenvalue weighted by atomic mass is 127. The van der Waals surface area contributed by atoms with Gasteiger partial charge in [0.1, 0.15) is 15.8 Å². The van der Waals surface area contributed by atoms with E-state index in [2.05, 4.69) is 43.0 Å². The number of fused-ring (bicyclic) bond motifs is 3. The zero-order valence-corrected chi connectivity index (χ0v) is 11.8. The van der Waals surface area contributed by atoms with Crippen LogP contribution in [0, 0.1) is 9.62 Å². The van der Waals surface area contributed by atoms with Crippen LogP contribution in [0.3, 0.4) is 0 Å². The lowest BCUT2D eigenvalue weighted by Gasteiger charge is -2.23. The molecular formula is C11H13IN6. The van der Waals surface area contributed by atoms with Crippen LogP contribution in [0.5, 0.6) is 0 Å². The Morgan fingerprint density at radius 3 is 3.00 bits per heavy atom.